The Balaban J connectivity index is 1.72. The first kappa shape index (κ1) is 17.0. The van der Waals surface area contributed by atoms with E-state index in [1.165, 1.54) is 30.4 Å². The van der Waals surface area contributed by atoms with Crippen molar-refractivity contribution in [3.05, 3.63) is 57.0 Å². The summed E-state index contributed by atoms with van der Waals surface area (Å²) in [6.07, 6.45) is 5.42. The summed E-state index contributed by atoms with van der Waals surface area (Å²) in [5, 5.41) is 9.49. The summed E-state index contributed by atoms with van der Waals surface area (Å²) in [7, 11) is 0. The topological polar surface area (TPSA) is 61.0 Å². The van der Waals surface area contributed by atoms with Crippen molar-refractivity contribution in [3.8, 4) is 0 Å². The molecule has 1 aliphatic heterocycles. The summed E-state index contributed by atoms with van der Waals surface area (Å²) in [4.78, 5) is 14.1. The van der Waals surface area contributed by atoms with E-state index in [0.717, 1.165) is 13.1 Å². The van der Waals surface area contributed by atoms with Crippen LogP contribution in [0.2, 0.25) is 5.02 Å². The maximum atomic E-state index is 11.5. The number of H-pyrrole nitrogens is 1. The van der Waals surface area contributed by atoms with Gasteiger partial charge in [-0.25, -0.2) is 5.10 Å². The monoisotopic (exact) mass is 346 g/mol. The van der Waals surface area contributed by atoms with Gasteiger partial charge in [0.2, 0.25) is 0 Å². The number of hydrogen-bond donors (Lipinski definition) is 2. The van der Waals surface area contributed by atoms with Gasteiger partial charge in [-0.15, -0.1) is 0 Å². The number of halogens is 1. The Morgan fingerprint density at radius 2 is 2.12 bits per heavy atom. The van der Waals surface area contributed by atoms with Crippen molar-refractivity contribution in [1.82, 2.24) is 15.1 Å². The highest BCUT2D eigenvalue weighted by molar-refractivity contribution is 6.32. The van der Waals surface area contributed by atoms with Gasteiger partial charge < -0.3 is 5.32 Å². The van der Waals surface area contributed by atoms with Gasteiger partial charge in [0.25, 0.3) is 5.56 Å². The number of aromatic nitrogens is 2. The van der Waals surface area contributed by atoms with Gasteiger partial charge in [-0.3, -0.25) is 9.69 Å². The average molecular weight is 347 g/mol. The second-order valence-electron chi connectivity index (χ2n) is 6.36. The van der Waals surface area contributed by atoms with Crippen molar-refractivity contribution in [1.29, 1.82) is 0 Å². The summed E-state index contributed by atoms with van der Waals surface area (Å²) >= 11 is 6.02. The third kappa shape index (κ3) is 3.97. The number of likely N-dealkylation sites (tertiary alicyclic amines) is 1. The molecule has 6 heteroatoms. The third-order valence-electron chi connectivity index (χ3n) is 4.70. The van der Waals surface area contributed by atoms with Crippen LogP contribution in [0.4, 0.5) is 5.69 Å². The van der Waals surface area contributed by atoms with Crippen molar-refractivity contribution >= 4 is 17.3 Å². The zero-order chi connectivity index (χ0) is 16.9. The molecule has 1 saturated heterocycles. The molecule has 1 atom stereocenters. The largest absolute Gasteiger partial charge is 0.378 e. The molecule has 128 valence electrons. The van der Waals surface area contributed by atoms with Crippen molar-refractivity contribution in [2.75, 3.05) is 11.9 Å². The molecule has 0 aliphatic carbocycles. The van der Waals surface area contributed by atoms with E-state index >= 15 is 0 Å². The summed E-state index contributed by atoms with van der Waals surface area (Å²) in [5.74, 6) is 0. The first-order chi connectivity index (χ1) is 11.6. The van der Waals surface area contributed by atoms with Crippen molar-refractivity contribution in [2.45, 2.75) is 45.3 Å². The van der Waals surface area contributed by atoms with Gasteiger partial charge in [0.15, 0.2) is 0 Å². The Labute approximate surface area is 147 Å². The van der Waals surface area contributed by atoms with Crippen LogP contribution in [0.3, 0.4) is 0 Å². The number of nitrogens with zero attached hydrogens (tertiary/aromatic N) is 2. The van der Waals surface area contributed by atoms with Gasteiger partial charge in [-0.1, -0.05) is 42.3 Å². The fourth-order valence-electron chi connectivity index (χ4n) is 3.19. The minimum Gasteiger partial charge on any atom is -0.378 e. The summed E-state index contributed by atoms with van der Waals surface area (Å²) in [5.41, 5.74) is 2.71. The van der Waals surface area contributed by atoms with Crippen LogP contribution >= 0.6 is 11.6 Å². The maximum absolute atomic E-state index is 11.5. The van der Waals surface area contributed by atoms with Crippen LogP contribution in [0.1, 0.15) is 37.3 Å². The first-order valence-electron chi connectivity index (χ1n) is 8.43. The summed E-state index contributed by atoms with van der Waals surface area (Å²) < 4.78 is 0. The minimum atomic E-state index is -0.378. The Bertz CT molecular complexity index is 746. The molecule has 2 N–H and O–H groups in total. The molecule has 5 nitrogen and oxygen atoms in total. The van der Waals surface area contributed by atoms with Crippen LogP contribution in [-0.4, -0.2) is 27.7 Å². The van der Waals surface area contributed by atoms with Crippen LogP contribution < -0.4 is 10.9 Å². The van der Waals surface area contributed by atoms with E-state index in [4.69, 9.17) is 11.6 Å². The Morgan fingerprint density at radius 1 is 1.33 bits per heavy atom. The van der Waals surface area contributed by atoms with Crippen LogP contribution in [0.5, 0.6) is 0 Å². The Kier molecular flexibility index (Phi) is 5.53. The lowest BCUT2D eigenvalue weighted by atomic mass is 10.0. The second-order valence-corrected chi connectivity index (χ2v) is 6.74. The molecule has 0 amide bonds. The van der Waals surface area contributed by atoms with Gasteiger partial charge in [-0.05, 0) is 37.4 Å². The van der Waals surface area contributed by atoms with E-state index in [0.29, 0.717) is 18.3 Å². The smallest absolute Gasteiger partial charge is 0.285 e. The number of anilines is 1. The Hall–Kier alpha value is -1.85. The molecule has 24 heavy (non-hydrogen) atoms. The standard InChI is InChI=1S/C18H23ClN4O/c1-13-6-4-5-9-23(13)12-15-8-3-2-7-14(15)10-20-16-11-21-22-18(24)17(16)19/h2-3,7-8,11,13H,4-6,9-10,12H2,1H3,(H2,20,22,24)/t13-/m1/s1. The van der Waals surface area contributed by atoms with Crippen LogP contribution in [-0.2, 0) is 13.1 Å². The molecular formula is C18H23ClN4O. The molecular weight excluding hydrogens is 324 g/mol. The van der Waals surface area contributed by atoms with Crippen molar-refractivity contribution in [2.24, 2.45) is 0 Å². The summed E-state index contributed by atoms with van der Waals surface area (Å²) in [6, 6.07) is 9.04. The molecule has 0 spiro atoms. The SMILES string of the molecule is C[C@@H]1CCCCN1Cc1ccccc1CNc1cn[nH]c(=O)c1Cl. The van der Waals surface area contributed by atoms with E-state index in [1.54, 1.807) is 6.20 Å². The van der Waals surface area contributed by atoms with Crippen LogP contribution in [0, 0.1) is 0 Å². The molecule has 2 heterocycles. The zero-order valence-corrected chi connectivity index (χ0v) is 14.6. The highest BCUT2D eigenvalue weighted by Crippen LogP contribution is 2.22. The quantitative estimate of drug-likeness (QED) is 0.871. The molecule has 0 radical (unpaired) electrons. The molecule has 1 aromatic heterocycles. The molecule has 2 aromatic rings. The molecule has 0 unspecified atom stereocenters. The van der Waals surface area contributed by atoms with Gasteiger partial charge in [0, 0.05) is 19.1 Å². The zero-order valence-electron chi connectivity index (χ0n) is 13.9. The predicted octanol–water partition coefficient (Wildman–Crippen LogP) is 3.41. The van der Waals surface area contributed by atoms with Gasteiger partial charge in [0.1, 0.15) is 5.02 Å². The van der Waals surface area contributed by atoms with Crippen LogP contribution in [0.15, 0.2) is 35.3 Å². The fraction of sp³-hybridized carbons (Fsp3) is 0.444. The first-order valence-corrected chi connectivity index (χ1v) is 8.81. The average Bonchev–Trinajstić information content (AvgIpc) is 2.59. The number of rotatable bonds is 5. The molecule has 1 fully saturated rings. The third-order valence-corrected chi connectivity index (χ3v) is 5.07. The minimum absolute atomic E-state index is 0.145. The van der Waals surface area contributed by atoms with E-state index in [9.17, 15) is 4.79 Å². The molecule has 0 bridgehead atoms. The number of hydrogen-bond acceptors (Lipinski definition) is 4. The van der Waals surface area contributed by atoms with Gasteiger partial charge >= 0.3 is 0 Å². The molecule has 0 saturated carbocycles. The van der Waals surface area contributed by atoms with Crippen LogP contribution in [0.25, 0.3) is 0 Å². The number of nitrogens with one attached hydrogen (secondary N) is 2. The second kappa shape index (κ2) is 7.81. The van der Waals surface area contributed by atoms with E-state index in [1.807, 2.05) is 6.07 Å². The van der Waals surface area contributed by atoms with Crippen molar-refractivity contribution < 1.29 is 0 Å². The number of aromatic amines is 1. The fourth-order valence-corrected chi connectivity index (χ4v) is 3.35. The van der Waals surface area contributed by atoms with Gasteiger partial charge in [-0.2, -0.15) is 5.10 Å². The molecule has 3 rings (SSSR count). The predicted molar refractivity (Wildman–Crippen MR) is 97.4 cm³/mol. The van der Waals surface area contributed by atoms with Crippen molar-refractivity contribution in [3.63, 3.8) is 0 Å². The summed E-state index contributed by atoms with van der Waals surface area (Å²) in [6.45, 7) is 5.04. The van der Waals surface area contributed by atoms with E-state index in [2.05, 4.69) is 45.5 Å². The molecule has 1 aromatic carbocycles. The maximum Gasteiger partial charge on any atom is 0.285 e. The van der Waals surface area contributed by atoms with E-state index in [-0.39, 0.29) is 10.6 Å². The highest BCUT2D eigenvalue weighted by atomic mass is 35.5. The van der Waals surface area contributed by atoms with E-state index < -0.39 is 0 Å². The van der Waals surface area contributed by atoms with Gasteiger partial charge in [0.05, 0.1) is 11.9 Å². The lowest BCUT2D eigenvalue weighted by molar-refractivity contribution is 0.152. The lowest BCUT2D eigenvalue weighted by Gasteiger charge is -2.33. The highest BCUT2D eigenvalue weighted by Gasteiger charge is 2.19. The Morgan fingerprint density at radius 3 is 2.92 bits per heavy atom. The number of piperidine rings is 1. The lowest BCUT2D eigenvalue weighted by Crippen LogP contribution is -2.37. The number of benzene rings is 1. The normalized spacial score (nSPS) is 18.5. The molecule has 1 aliphatic rings.